The number of thiophene rings is 1. The topological polar surface area (TPSA) is 35.2 Å². The molecule has 0 saturated carbocycles. The van der Waals surface area contributed by atoms with E-state index in [1.54, 1.807) is 7.11 Å². The Bertz CT molecular complexity index is 226. The SMILES string of the molecule is COCC(N)c1ccsc1Cl. The number of methoxy groups -OCH3 is 1. The third-order valence-corrected chi connectivity index (χ3v) is 2.59. The van der Waals surface area contributed by atoms with Crippen molar-refractivity contribution < 1.29 is 4.74 Å². The molecule has 4 heteroatoms. The summed E-state index contributed by atoms with van der Waals surface area (Å²) in [6, 6.07) is 1.83. The summed E-state index contributed by atoms with van der Waals surface area (Å²) in [6.45, 7) is 0.510. The van der Waals surface area contributed by atoms with Crippen molar-refractivity contribution in [2.75, 3.05) is 13.7 Å². The maximum atomic E-state index is 5.85. The van der Waals surface area contributed by atoms with Crippen molar-refractivity contribution in [3.05, 3.63) is 21.3 Å². The molecule has 0 bridgehead atoms. The maximum Gasteiger partial charge on any atom is 0.0977 e. The zero-order valence-corrected chi connectivity index (χ0v) is 7.78. The Labute approximate surface area is 74.9 Å². The first-order valence-electron chi connectivity index (χ1n) is 3.23. The fourth-order valence-electron chi connectivity index (χ4n) is 0.839. The van der Waals surface area contributed by atoms with Crippen LogP contribution in [0.5, 0.6) is 0 Å². The van der Waals surface area contributed by atoms with Gasteiger partial charge in [-0.1, -0.05) is 11.6 Å². The van der Waals surface area contributed by atoms with Gasteiger partial charge in [-0.2, -0.15) is 0 Å². The molecule has 0 aliphatic heterocycles. The fourth-order valence-corrected chi connectivity index (χ4v) is 1.89. The maximum absolute atomic E-state index is 5.85. The molecule has 1 aromatic heterocycles. The summed E-state index contributed by atoms with van der Waals surface area (Å²) in [4.78, 5) is 0. The van der Waals surface area contributed by atoms with Crippen LogP contribution in [0.4, 0.5) is 0 Å². The molecule has 1 aromatic rings. The van der Waals surface area contributed by atoms with Crippen LogP contribution in [0.3, 0.4) is 0 Å². The second-order valence-electron chi connectivity index (χ2n) is 2.21. The van der Waals surface area contributed by atoms with Crippen molar-refractivity contribution in [3.63, 3.8) is 0 Å². The van der Waals surface area contributed by atoms with Gasteiger partial charge in [0.2, 0.25) is 0 Å². The van der Waals surface area contributed by atoms with Gasteiger partial charge in [0.25, 0.3) is 0 Å². The van der Waals surface area contributed by atoms with Crippen LogP contribution in [0, 0.1) is 0 Å². The van der Waals surface area contributed by atoms with Crippen LogP contribution < -0.4 is 5.73 Å². The lowest BCUT2D eigenvalue weighted by atomic mass is 10.2. The molecule has 2 N–H and O–H groups in total. The first kappa shape index (κ1) is 9.00. The van der Waals surface area contributed by atoms with Gasteiger partial charge in [0.15, 0.2) is 0 Å². The molecule has 2 nitrogen and oxygen atoms in total. The van der Waals surface area contributed by atoms with Gasteiger partial charge in [-0.05, 0) is 11.4 Å². The molecule has 0 fully saturated rings. The van der Waals surface area contributed by atoms with Crippen LogP contribution in [0.2, 0.25) is 4.34 Å². The summed E-state index contributed by atoms with van der Waals surface area (Å²) in [5.41, 5.74) is 6.72. The highest BCUT2D eigenvalue weighted by atomic mass is 35.5. The van der Waals surface area contributed by atoms with E-state index in [0.717, 1.165) is 9.90 Å². The van der Waals surface area contributed by atoms with Crippen LogP contribution in [0.25, 0.3) is 0 Å². The van der Waals surface area contributed by atoms with E-state index < -0.39 is 0 Å². The minimum absolute atomic E-state index is 0.0984. The number of nitrogens with two attached hydrogens (primary N) is 1. The minimum Gasteiger partial charge on any atom is -0.383 e. The zero-order chi connectivity index (χ0) is 8.27. The standard InChI is InChI=1S/C7H10ClNOS/c1-10-4-6(9)5-2-3-11-7(5)8/h2-3,6H,4,9H2,1H3. The van der Waals surface area contributed by atoms with Crippen LogP contribution in [-0.4, -0.2) is 13.7 Å². The average Bonchev–Trinajstić information content (AvgIpc) is 2.36. The molecule has 62 valence electrons. The third kappa shape index (κ3) is 2.17. The Hall–Kier alpha value is -0.0900. The smallest absolute Gasteiger partial charge is 0.0977 e. The average molecular weight is 192 g/mol. The van der Waals surface area contributed by atoms with Gasteiger partial charge in [0.1, 0.15) is 0 Å². The van der Waals surface area contributed by atoms with Crippen LogP contribution in [0.15, 0.2) is 11.4 Å². The molecule has 1 rings (SSSR count). The van der Waals surface area contributed by atoms with E-state index in [2.05, 4.69) is 0 Å². The molecule has 11 heavy (non-hydrogen) atoms. The second-order valence-corrected chi connectivity index (χ2v) is 3.73. The Morgan fingerprint density at radius 1 is 1.82 bits per heavy atom. The van der Waals surface area contributed by atoms with Crippen molar-refractivity contribution in [1.29, 1.82) is 0 Å². The van der Waals surface area contributed by atoms with Gasteiger partial charge in [-0.15, -0.1) is 11.3 Å². The van der Waals surface area contributed by atoms with E-state index >= 15 is 0 Å². The molecule has 1 heterocycles. The Morgan fingerprint density at radius 3 is 3.00 bits per heavy atom. The van der Waals surface area contributed by atoms with Crippen LogP contribution in [0.1, 0.15) is 11.6 Å². The molecule has 0 aliphatic carbocycles. The molecule has 1 atom stereocenters. The van der Waals surface area contributed by atoms with E-state index in [1.807, 2.05) is 11.4 Å². The molecular weight excluding hydrogens is 182 g/mol. The molecule has 0 aromatic carbocycles. The zero-order valence-electron chi connectivity index (χ0n) is 6.21. The summed E-state index contributed by atoms with van der Waals surface area (Å²) >= 11 is 7.34. The fraction of sp³-hybridized carbons (Fsp3) is 0.429. The van der Waals surface area contributed by atoms with Crippen LogP contribution in [-0.2, 0) is 4.74 Å². The summed E-state index contributed by atoms with van der Waals surface area (Å²) in [7, 11) is 1.63. The summed E-state index contributed by atoms with van der Waals surface area (Å²) in [6.07, 6.45) is 0. The highest BCUT2D eigenvalue weighted by Crippen LogP contribution is 2.26. The van der Waals surface area contributed by atoms with Crippen molar-refractivity contribution in [3.8, 4) is 0 Å². The molecule has 1 unspecified atom stereocenters. The van der Waals surface area contributed by atoms with E-state index in [1.165, 1.54) is 11.3 Å². The predicted octanol–water partition coefficient (Wildman–Crippen LogP) is 2.05. The van der Waals surface area contributed by atoms with E-state index in [-0.39, 0.29) is 6.04 Å². The van der Waals surface area contributed by atoms with E-state index in [4.69, 9.17) is 22.1 Å². The third-order valence-electron chi connectivity index (χ3n) is 1.39. The highest BCUT2D eigenvalue weighted by molar-refractivity contribution is 7.14. The summed E-state index contributed by atoms with van der Waals surface area (Å²) < 4.78 is 5.66. The van der Waals surface area contributed by atoms with Crippen molar-refractivity contribution >= 4 is 22.9 Å². The Morgan fingerprint density at radius 2 is 2.55 bits per heavy atom. The number of hydrogen-bond donors (Lipinski definition) is 1. The lowest BCUT2D eigenvalue weighted by Crippen LogP contribution is -2.15. The van der Waals surface area contributed by atoms with Crippen LogP contribution >= 0.6 is 22.9 Å². The van der Waals surface area contributed by atoms with E-state index in [9.17, 15) is 0 Å². The quantitative estimate of drug-likeness (QED) is 0.794. The highest BCUT2D eigenvalue weighted by Gasteiger charge is 2.09. The number of hydrogen-bond acceptors (Lipinski definition) is 3. The Kier molecular flexibility index (Phi) is 3.33. The normalized spacial score (nSPS) is 13.4. The second kappa shape index (κ2) is 4.07. The summed E-state index contributed by atoms with van der Waals surface area (Å²) in [5.74, 6) is 0. The van der Waals surface area contributed by atoms with E-state index in [0.29, 0.717) is 6.61 Å². The van der Waals surface area contributed by atoms with Gasteiger partial charge < -0.3 is 10.5 Å². The lowest BCUT2D eigenvalue weighted by Gasteiger charge is -2.08. The predicted molar refractivity (Wildman–Crippen MR) is 48.1 cm³/mol. The molecule has 0 spiro atoms. The molecule has 0 saturated heterocycles. The van der Waals surface area contributed by atoms with Crippen molar-refractivity contribution in [2.45, 2.75) is 6.04 Å². The number of halogens is 1. The van der Waals surface area contributed by atoms with Gasteiger partial charge in [0.05, 0.1) is 17.0 Å². The molecule has 0 radical (unpaired) electrons. The molecule has 0 aliphatic rings. The van der Waals surface area contributed by atoms with Gasteiger partial charge in [-0.3, -0.25) is 0 Å². The first-order chi connectivity index (χ1) is 5.25. The monoisotopic (exact) mass is 191 g/mol. The lowest BCUT2D eigenvalue weighted by molar-refractivity contribution is 0.181. The van der Waals surface area contributed by atoms with Crippen molar-refractivity contribution in [2.24, 2.45) is 5.73 Å². The molecular formula is C7H10ClNOS. The first-order valence-corrected chi connectivity index (χ1v) is 4.49. The summed E-state index contributed by atoms with van der Waals surface area (Å²) in [5, 5.41) is 1.92. The Balaban J connectivity index is 2.67. The number of rotatable bonds is 3. The van der Waals surface area contributed by atoms with Crippen molar-refractivity contribution in [1.82, 2.24) is 0 Å². The largest absolute Gasteiger partial charge is 0.383 e. The number of ether oxygens (including phenoxy) is 1. The minimum atomic E-state index is -0.0984. The van der Waals surface area contributed by atoms with Gasteiger partial charge >= 0.3 is 0 Å². The van der Waals surface area contributed by atoms with Gasteiger partial charge in [0, 0.05) is 12.7 Å². The molecule has 0 amide bonds. The van der Waals surface area contributed by atoms with Gasteiger partial charge in [-0.25, -0.2) is 0 Å².